The first kappa shape index (κ1) is 48.9. The summed E-state index contributed by atoms with van der Waals surface area (Å²) in [6, 6.07) is 5.69. The van der Waals surface area contributed by atoms with Crippen LogP contribution in [0, 0.1) is 18.7 Å². The summed E-state index contributed by atoms with van der Waals surface area (Å²) in [5.74, 6) is 0.333. The van der Waals surface area contributed by atoms with Gasteiger partial charge in [0.05, 0.1) is 19.8 Å². The van der Waals surface area contributed by atoms with E-state index in [0.717, 1.165) is 30.7 Å². The average molecular weight is 737 g/mol. The van der Waals surface area contributed by atoms with Gasteiger partial charge >= 0.3 is 0 Å². The summed E-state index contributed by atoms with van der Waals surface area (Å²) in [7, 11) is 2.07. The molecule has 2 aliphatic rings. The van der Waals surface area contributed by atoms with E-state index in [9.17, 15) is 18.4 Å². The van der Waals surface area contributed by atoms with Crippen molar-refractivity contribution in [1.29, 1.82) is 0 Å². The lowest BCUT2D eigenvalue weighted by Crippen LogP contribution is -2.36. The minimum absolute atomic E-state index is 0.122. The minimum Gasteiger partial charge on any atom is -0.491 e. The third-order valence-electron chi connectivity index (χ3n) is 8.48. The van der Waals surface area contributed by atoms with E-state index >= 15 is 0 Å². The molecule has 0 unspecified atom stereocenters. The molecule has 2 N–H and O–H groups in total. The highest BCUT2D eigenvalue weighted by molar-refractivity contribution is 5.76. The average Bonchev–Trinajstić information content (AvgIpc) is 3.15. The Labute approximate surface area is 314 Å². The van der Waals surface area contributed by atoms with Gasteiger partial charge in [-0.3, -0.25) is 4.79 Å². The van der Waals surface area contributed by atoms with Crippen molar-refractivity contribution in [2.24, 2.45) is 5.92 Å². The zero-order chi connectivity index (χ0) is 39.0. The molecule has 0 spiro atoms. The van der Waals surface area contributed by atoms with Crippen LogP contribution < -0.4 is 15.4 Å². The van der Waals surface area contributed by atoms with Gasteiger partial charge in [-0.1, -0.05) is 85.4 Å². The SMILES string of the molecule is C=C(F)/C=C(/OCCOCCC=O)C(=C)C(C)C.CC.CNC1CCCCC1.Cc1ccc(F)cc1OCCOCCCC(=O)NC1CCCCC1. The predicted octanol–water partition coefficient (Wildman–Crippen LogP) is 9.51. The molecule has 10 heteroatoms. The van der Waals surface area contributed by atoms with Crippen LogP contribution in [0.4, 0.5) is 8.78 Å². The molecule has 2 aliphatic carbocycles. The van der Waals surface area contributed by atoms with Crippen LogP contribution in [-0.4, -0.2) is 71.0 Å². The van der Waals surface area contributed by atoms with Gasteiger partial charge in [0.15, 0.2) is 0 Å². The van der Waals surface area contributed by atoms with Gasteiger partial charge in [0.25, 0.3) is 0 Å². The summed E-state index contributed by atoms with van der Waals surface area (Å²) in [5, 5.41) is 6.40. The Kier molecular flexibility index (Phi) is 30.6. The van der Waals surface area contributed by atoms with Crippen LogP contribution in [0.1, 0.15) is 117 Å². The summed E-state index contributed by atoms with van der Waals surface area (Å²) in [6.45, 7) is 19.1. The number of carbonyl (C=O) groups is 2. The number of halogens is 2. The van der Waals surface area contributed by atoms with Crippen molar-refractivity contribution in [3.05, 3.63) is 66.0 Å². The van der Waals surface area contributed by atoms with Crippen molar-refractivity contribution in [3.63, 3.8) is 0 Å². The first-order valence-corrected chi connectivity index (χ1v) is 19.4. The van der Waals surface area contributed by atoms with E-state index in [1.54, 1.807) is 6.07 Å². The molecular formula is C42H70F2N2O6. The molecule has 0 atom stereocenters. The lowest BCUT2D eigenvalue weighted by molar-refractivity contribution is -0.122. The number of amides is 1. The fourth-order valence-electron chi connectivity index (χ4n) is 5.41. The summed E-state index contributed by atoms with van der Waals surface area (Å²) >= 11 is 0. The molecule has 1 amide bonds. The van der Waals surface area contributed by atoms with Crippen molar-refractivity contribution in [1.82, 2.24) is 10.6 Å². The van der Waals surface area contributed by atoms with Crippen LogP contribution in [0.15, 0.2) is 54.6 Å². The summed E-state index contributed by atoms with van der Waals surface area (Å²) in [5.41, 5.74) is 1.61. The Morgan fingerprint density at radius 2 is 1.50 bits per heavy atom. The molecule has 3 rings (SSSR count). The minimum atomic E-state index is -0.575. The Morgan fingerprint density at radius 3 is 2.06 bits per heavy atom. The van der Waals surface area contributed by atoms with Gasteiger partial charge in [0.1, 0.15) is 42.7 Å². The molecular weight excluding hydrogens is 666 g/mol. The molecule has 0 aliphatic heterocycles. The molecule has 0 aromatic heterocycles. The molecule has 0 saturated heterocycles. The van der Waals surface area contributed by atoms with Crippen LogP contribution in [0.2, 0.25) is 0 Å². The fraction of sp³-hybridized carbons (Fsp3) is 0.667. The van der Waals surface area contributed by atoms with Crippen LogP contribution in [0.25, 0.3) is 0 Å². The number of aldehydes is 1. The number of aryl methyl sites for hydroxylation is 1. The summed E-state index contributed by atoms with van der Waals surface area (Å²) < 4.78 is 47.4. The van der Waals surface area contributed by atoms with Gasteiger partial charge in [-0.2, -0.15) is 0 Å². The first-order chi connectivity index (χ1) is 25.1. The molecule has 0 bridgehead atoms. The highest BCUT2D eigenvalue weighted by atomic mass is 19.1. The van der Waals surface area contributed by atoms with Gasteiger partial charge in [0.2, 0.25) is 5.91 Å². The number of nitrogens with one attached hydrogen (secondary N) is 2. The third-order valence-corrected chi connectivity index (χ3v) is 8.48. The van der Waals surface area contributed by atoms with Crippen LogP contribution in [-0.2, 0) is 23.8 Å². The van der Waals surface area contributed by atoms with Gasteiger partial charge < -0.3 is 34.4 Å². The monoisotopic (exact) mass is 737 g/mol. The fourth-order valence-corrected chi connectivity index (χ4v) is 5.41. The van der Waals surface area contributed by atoms with Crippen molar-refractivity contribution >= 4 is 12.2 Å². The molecule has 1 aromatic carbocycles. The summed E-state index contributed by atoms with van der Waals surface area (Å²) in [6.07, 6.45) is 16.7. The highest BCUT2D eigenvalue weighted by Gasteiger charge is 2.15. The van der Waals surface area contributed by atoms with E-state index in [1.165, 1.54) is 69.6 Å². The number of allylic oxidation sites excluding steroid dienone is 3. The van der Waals surface area contributed by atoms with E-state index in [0.29, 0.717) is 75.4 Å². The number of rotatable bonds is 20. The Morgan fingerprint density at radius 1 is 0.904 bits per heavy atom. The van der Waals surface area contributed by atoms with Crippen LogP contribution >= 0.6 is 0 Å². The molecule has 298 valence electrons. The van der Waals surface area contributed by atoms with E-state index in [4.69, 9.17) is 18.9 Å². The van der Waals surface area contributed by atoms with E-state index in [-0.39, 0.29) is 24.2 Å². The van der Waals surface area contributed by atoms with Gasteiger partial charge in [0, 0.05) is 43.7 Å². The molecule has 8 nitrogen and oxygen atoms in total. The largest absolute Gasteiger partial charge is 0.491 e. The zero-order valence-electron chi connectivity index (χ0n) is 33.2. The first-order valence-electron chi connectivity index (χ1n) is 19.4. The predicted molar refractivity (Wildman–Crippen MR) is 209 cm³/mol. The maximum atomic E-state index is 13.1. The number of hydrogen-bond donors (Lipinski definition) is 2. The number of ether oxygens (including phenoxy) is 4. The Bertz CT molecular complexity index is 1130. The number of carbonyl (C=O) groups excluding carboxylic acids is 2. The Hall–Kier alpha value is -3.08. The summed E-state index contributed by atoms with van der Waals surface area (Å²) in [4.78, 5) is 21.9. The van der Waals surface area contributed by atoms with Crippen molar-refractivity contribution < 1.29 is 37.3 Å². The lowest BCUT2D eigenvalue weighted by atomic mass is 9.95. The maximum Gasteiger partial charge on any atom is 0.220 e. The zero-order valence-corrected chi connectivity index (χ0v) is 33.2. The smallest absolute Gasteiger partial charge is 0.220 e. The standard InChI is InChI=1S/C19H28FNO3.C14H21FO3.C7H15N.C2H6/c1-15-9-10-16(20)14-18(15)24-13-12-23-11-5-8-19(22)21-17-6-3-2-4-7-17;1-11(2)13(4)14(10-12(3)15)18-9-8-17-7-5-6-16;1-8-7-5-3-2-4-6-7;1-2/h9-10,14,17H,2-8,11-13H2,1H3,(H,21,22);6,10-11H,3-5,7-9H2,1-2H3;7-8H,2-6H2,1H3;1-2H3/b;14-10+;;. The molecule has 1 aromatic rings. The van der Waals surface area contributed by atoms with Gasteiger partial charge in [-0.15, -0.1) is 0 Å². The Balaban J connectivity index is 0.000000813. The van der Waals surface area contributed by atoms with Gasteiger partial charge in [-0.05, 0) is 69.2 Å². The molecule has 2 saturated carbocycles. The maximum absolute atomic E-state index is 13.1. The van der Waals surface area contributed by atoms with E-state index in [2.05, 4.69) is 30.8 Å². The van der Waals surface area contributed by atoms with Crippen LogP contribution in [0.5, 0.6) is 5.75 Å². The molecule has 0 heterocycles. The normalized spacial score (nSPS) is 14.8. The third kappa shape index (κ3) is 25.8. The second kappa shape index (κ2) is 32.6. The lowest BCUT2D eigenvalue weighted by Gasteiger charge is -2.22. The highest BCUT2D eigenvalue weighted by Crippen LogP contribution is 2.21. The second-order valence-electron chi connectivity index (χ2n) is 13.1. The number of benzene rings is 1. The van der Waals surface area contributed by atoms with E-state index in [1.807, 2.05) is 34.6 Å². The quantitative estimate of drug-likeness (QED) is 0.0596. The molecule has 52 heavy (non-hydrogen) atoms. The van der Waals surface area contributed by atoms with Crippen molar-refractivity contribution in [2.45, 2.75) is 130 Å². The van der Waals surface area contributed by atoms with E-state index < -0.39 is 5.83 Å². The van der Waals surface area contributed by atoms with Gasteiger partial charge in [-0.25, -0.2) is 8.78 Å². The topological polar surface area (TPSA) is 95.1 Å². The number of hydrogen-bond acceptors (Lipinski definition) is 7. The van der Waals surface area contributed by atoms with Crippen molar-refractivity contribution in [3.8, 4) is 5.75 Å². The molecule has 0 radical (unpaired) electrons. The van der Waals surface area contributed by atoms with Crippen molar-refractivity contribution in [2.75, 3.05) is 46.7 Å². The molecule has 2 fully saturated rings. The second-order valence-corrected chi connectivity index (χ2v) is 13.1. The van der Waals surface area contributed by atoms with Crippen LogP contribution in [0.3, 0.4) is 0 Å².